The van der Waals surface area contributed by atoms with Crippen LogP contribution in [0, 0.1) is 11.6 Å². The van der Waals surface area contributed by atoms with Crippen LogP contribution in [0.3, 0.4) is 0 Å². The van der Waals surface area contributed by atoms with Crippen molar-refractivity contribution >= 4 is 17.5 Å². The minimum Gasteiger partial charge on any atom is -0.380 e. The van der Waals surface area contributed by atoms with Gasteiger partial charge in [-0.2, -0.15) is 0 Å². The standard InChI is InChI=1S/C18H18F2N2O3/c1-25-11-12-3-2-4-14(9-12)22-17(23)7-8-21-18(24)15-6-5-13(19)10-16(15)20/h2-6,9-10H,7-8,11H2,1H3,(H,21,24)(H,22,23). The van der Waals surface area contributed by atoms with Crippen molar-refractivity contribution in [2.24, 2.45) is 0 Å². The molecule has 0 saturated heterocycles. The maximum atomic E-state index is 13.5. The van der Waals surface area contributed by atoms with Crippen LogP contribution in [-0.4, -0.2) is 25.5 Å². The first-order valence-corrected chi connectivity index (χ1v) is 7.60. The third kappa shape index (κ3) is 5.65. The highest BCUT2D eigenvalue weighted by Crippen LogP contribution is 2.12. The highest BCUT2D eigenvalue weighted by molar-refractivity contribution is 5.95. The molecule has 0 unspecified atom stereocenters. The summed E-state index contributed by atoms with van der Waals surface area (Å²) in [7, 11) is 1.58. The third-order valence-electron chi connectivity index (χ3n) is 3.34. The van der Waals surface area contributed by atoms with Crippen LogP contribution < -0.4 is 10.6 Å². The molecule has 0 bridgehead atoms. The molecule has 0 aliphatic carbocycles. The van der Waals surface area contributed by atoms with E-state index in [0.717, 1.165) is 17.7 Å². The Bertz CT molecular complexity index is 766. The number of ether oxygens (including phenoxy) is 1. The fraction of sp³-hybridized carbons (Fsp3) is 0.222. The molecule has 2 rings (SSSR count). The maximum absolute atomic E-state index is 13.5. The average Bonchev–Trinajstić information content (AvgIpc) is 2.55. The van der Waals surface area contributed by atoms with E-state index >= 15 is 0 Å². The van der Waals surface area contributed by atoms with Crippen LogP contribution in [0.5, 0.6) is 0 Å². The van der Waals surface area contributed by atoms with Crippen LogP contribution in [0.1, 0.15) is 22.3 Å². The SMILES string of the molecule is COCc1cccc(NC(=O)CCNC(=O)c2ccc(F)cc2F)c1. The number of carbonyl (C=O) groups is 2. The number of anilines is 1. The molecule has 0 spiro atoms. The Morgan fingerprint density at radius 3 is 2.64 bits per heavy atom. The lowest BCUT2D eigenvalue weighted by Gasteiger charge is -2.08. The lowest BCUT2D eigenvalue weighted by Crippen LogP contribution is -2.28. The van der Waals surface area contributed by atoms with Crippen molar-refractivity contribution in [2.75, 3.05) is 19.0 Å². The van der Waals surface area contributed by atoms with Gasteiger partial charge in [-0.05, 0) is 29.8 Å². The summed E-state index contributed by atoms with van der Waals surface area (Å²) in [5.41, 5.74) is 1.27. The summed E-state index contributed by atoms with van der Waals surface area (Å²) in [6.07, 6.45) is 0.0169. The van der Waals surface area contributed by atoms with E-state index in [1.807, 2.05) is 6.07 Å². The van der Waals surface area contributed by atoms with Crippen molar-refractivity contribution in [1.29, 1.82) is 0 Å². The highest BCUT2D eigenvalue weighted by Gasteiger charge is 2.12. The molecule has 2 amide bonds. The van der Waals surface area contributed by atoms with E-state index < -0.39 is 17.5 Å². The van der Waals surface area contributed by atoms with Crippen molar-refractivity contribution < 1.29 is 23.1 Å². The number of hydrogen-bond acceptors (Lipinski definition) is 3. The zero-order chi connectivity index (χ0) is 18.2. The topological polar surface area (TPSA) is 67.4 Å². The first-order valence-electron chi connectivity index (χ1n) is 7.60. The Kier molecular flexibility index (Phi) is 6.59. The number of amides is 2. The van der Waals surface area contributed by atoms with E-state index in [1.54, 1.807) is 25.3 Å². The van der Waals surface area contributed by atoms with Gasteiger partial charge in [0.1, 0.15) is 11.6 Å². The van der Waals surface area contributed by atoms with Gasteiger partial charge in [0.25, 0.3) is 5.91 Å². The van der Waals surface area contributed by atoms with Gasteiger partial charge in [-0.15, -0.1) is 0 Å². The molecule has 0 aliphatic rings. The molecule has 2 N–H and O–H groups in total. The zero-order valence-electron chi connectivity index (χ0n) is 13.6. The second-order valence-electron chi connectivity index (χ2n) is 5.31. The van der Waals surface area contributed by atoms with Crippen LogP contribution in [0.15, 0.2) is 42.5 Å². The first-order chi connectivity index (χ1) is 12.0. The number of methoxy groups -OCH3 is 1. The molecule has 2 aromatic rings. The number of halogens is 2. The van der Waals surface area contributed by atoms with Crippen molar-refractivity contribution in [3.63, 3.8) is 0 Å². The molecule has 0 saturated carbocycles. The summed E-state index contributed by atoms with van der Waals surface area (Å²) >= 11 is 0. The Hall–Kier alpha value is -2.80. The molecule has 2 aromatic carbocycles. The second-order valence-corrected chi connectivity index (χ2v) is 5.31. The molecule has 132 valence electrons. The van der Waals surface area contributed by atoms with Crippen LogP contribution in [0.2, 0.25) is 0 Å². The van der Waals surface area contributed by atoms with Gasteiger partial charge in [0.05, 0.1) is 12.2 Å². The summed E-state index contributed by atoms with van der Waals surface area (Å²) in [4.78, 5) is 23.7. The molecule has 0 atom stereocenters. The Labute approximate surface area is 144 Å². The van der Waals surface area contributed by atoms with Gasteiger partial charge in [-0.3, -0.25) is 9.59 Å². The number of carbonyl (C=O) groups excluding carboxylic acids is 2. The lowest BCUT2D eigenvalue weighted by atomic mass is 10.2. The van der Waals surface area contributed by atoms with Crippen molar-refractivity contribution in [3.05, 3.63) is 65.2 Å². The molecular weight excluding hydrogens is 330 g/mol. The molecule has 0 aliphatic heterocycles. The van der Waals surface area contributed by atoms with E-state index in [9.17, 15) is 18.4 Å². The molecule has 0 radical (unpaired) electrons. The lowest BCUT2D eigenvalue weighted by molar-refractivity contribution is -0.116. The summed E-state index contributed by atoms with van der Waals surface area (Å²) < 4.78 is 31.3. The molecule has 7 heteroatoms. The van der Waals surface area contributed by atoms with Crippen LogP contribution >= 0.6 is 0 Å². The highest BCUT2D eigenvalue weighted by atomic mass is 19.1. The van der Waals surface area contributed by atoms with Gasteiger partial charge in [0.15, 0.2) is 0 Å². The average molecular weight is 348 g/mol. The quantitative estimate of drug-likeness (QED) is 0.808. The molecule has 5 nitrogen and oxygen atoms in total. The predicted octanol–water partition coefficient (Wildman–Crippen LogP) is 2.87. The molecule has 0 heterocycles. The summed E-state index contributed by atoms with van der Waals surface area (Å²) in [5, 5.41) is 5.13. The number of hydrogen-bond donors (Lipinski definition) is 2. The monoisotopic (exact) mass is 348 g/mol. The van der Waals surface area contributed by atoms with Crippen LogP contribution in [-0.2, 0) is 16.1 Å². The number of benzene rings is 2. The number of rotatable bonds is 7. The largest absolute Gasteiger partial charge is 0.380 e. The Balaban J connectivity index is 1.82. The zero-order valence-corrected chi connectivity index (χ0v) is 13.6. The Morgan fingerprint density at radius 1 is 1.12 bits per heavy atom. The smallest absolute Gasteiger partial charge is 0.254 e. The Morgan fingerprint density at radius 2 is 1.92 bits per heavy atom. The van der Waals surface area contributed by atoms with Crippen LogP contribution in [0.25, 0.3) is 0 Å². The minimum atomic E-state index is -0.947. The van der Waals surface area contributed by atoms with Gasteiger partial charge < -0.3 is 15.4 Å². The normalized spacial score (nSPS) is 10.4. The van der Waals surface area contributed by atoms with Gasteiger partial charge >= 0.3 is 0 Å². The summed E-state index contributed by atoms with van der Waals surface area (Å²) in [6.45, 7) is 0.461. The van der Waals surface area contributed by atoms with Gasteiger partial charge in [-0.1, -0.05) is 12.1 Å². The molecule has 25 heavy (non-hydrogen) atoms. The molecule has 0 fully saturated rings. The maximum Gasteiger partial charge on any atom is 0.254 e. The van der Waals surface area contributed by atoms with Gasteiger partial charge in [0.2, 0.25) is 5.91 Å². The number of nitrogens with one attached hydrogen (secondary N) is 2. The summed E-state index contributed by atoms with van der Waals surface area (Å²) in [6, 6.07) is 9.88. The molecular formula is C18H18F2N2O3. The van der Waals surface area contributed by atoms with E-state index in [2.05, 4.69) is 10.6 Å². The predicted molar refractivity (Wildman–Crippen MR) is 89.1 cm³/mol. The van der Waals surface area contributed by atoms with E-state index in [-0.39, 0.29) is 24.4 Å². The van der Waals surface area contributed by atoms with Crippen molar-refractivity contribution in [2.45, 2.75) is 13.0 Å². The minimum absolute atomic E-state index is 0.0169. The van der Waals surface area contributed by atoms with E-state index in [0.29, 0.717) is 18.4 Å². The summed E-state index contributed by atoms with van der Waals surface area (Å²) in [5.74, 6) is -2.71. The second kappa shape index (κ2) is 8.89. The van der Waals surface area contributed by atoms with E-state index in [4.69, 9.17) is 4.74 Å². The van der Waals surface area contributed by atoms with Crippen molar-refractivity contribution in [1.82, 2.24) is 5.32 Å². The third-order valence-corrected chi connectivity index (χ3v) is 3.34. The van der Waals surface area contributed by atoms with Gasteiger partial charge in [0, 0.05) is 31.8 Å². The van der Waals surface area contributed by atoms with Gasteiger partial charge in [-0.25, -0.2) is 8.78 Å². The van der Waals surface area contributed by atoms with E-state index in [1.165, 1.54) is 0 Å². The first kappa shape index (κ1) is 18.5. The van der Waals surface area contributed by atoms with Crippen LogP contribution in [0.4, 0.5) is 14.5 Å². The van der Waals surface area contributed by atoms with Crippen molar-refractivity contribution in [3.8, 4) is 0 Å². The fourth-order valence-corrected chi connectivity index (χ4v) is 2.19. The molecule has 0 aromatic heterocycles. The fourth-order valence-electron chi connectivity index (χ4n) is 2.19.